The molecule has 0 unspecified atom stereocenters. The molecule has 6 heteroatoms. The Kier molecular flexibility index (Phi) is 33.5. The van der Waals surface area contributed by atoms with Crippen LogP contribution in [0.3, 0.4) is 0 Å². The minimum atomic E-state index is -0.407. The van der Waals surface area contributed by atoms with Gasteiger partial charge in [-0.2, -0.15) is 0 Å². The molecule has 0 saturated heterocycles. The van der Waals surface area contributed by atoms with Crippen molar-refractivity contribution in [2.75, 3.05) is 39.5 Å². The highest BCUT2D eigenvalue weighted by Crippen LogP contribution is 2.26. The second-order valence-corrected chi connectivity index (χ2v) is 15.3. The van der Waals surface area contributed by atoms with Gasteiger partial charge in [-0.05, 0) is 77.8 Å². The van der Waals surface area contributed by atoms with Gasteiger partial charge in [0.2, 0.25) is 0 Å². The first-order chi connectivity index (χ1) is 23.3. The fourth-order valence-electron chi connectivity index (χ4n) is 6.76. The Bertz CT molecular complexity index is 706. The summed E-state index contributed by atoms with van der Waals surface area (Å²) >= 11 is 0. The van der Waals surface area contributed by atoms with Gasteiger partial charge in [0.25, 0.3) is 0 Å². The molecule has 0 aromatic carbocycles. The zero-order valence-electron chi connectivity index (χ0n) is 32.9. The quantitative estimate of drug-likeness (QED) is 0.0519. The first-order valence-electron chi connectivity index (χ1n) is 21.0. The summed E-state index contributed by atoms with van der Waals surface area (Å²) in [7, 11) is 0. The van der Waals surface area contributed by atoms with Gasteiger partial charge >= 0.3 is 11.9 Å². The largest absolute Gasteiger partial charge is 0.466 e. The van der Waals surface area contributed by atoms with E-state index in [9.17, 15) is 14.7 Å². The van der Waals surface area contributed by atoms with Crippen LogP contribution in [-0.4, -0.2) is 61.4 Å². The van der Waals surface area contributed by atoms with Crippen molar-refractivity contribution in [3.63, 3.8) is 0 Å². The SMILES string of the molecule is CCCCCCCCCC(=O)OCCCCCCCN(CCCO)CCCCCCC(C)(C)C(=O)OCCCCCC(CCC)CCC. The number of hydrogen-bond donors (Lipinski definition) is 1. The van der Waals surface area contributed by atoms with Crippen LogP contribution in [-0.2, 0) is 19.1 Å². The normalized spacial score (nSPS) is 11.9. The molecule has 0 rings (SSSR count). The van der Waals surface area contributed by atoms with Gasteiger partial charge in [-0.15, -0.1) is 0 Å². The van der Waals surface area contributed by atoms with E-state index in [-0.39, 0.29) is 18.5 Å². The Labute approximate surface area is 299 Å². The number of esters is 2. The Balaban J connectivity index is 3.90. The molecule has 0 heterocycles. The average molecular weight is 682 g/mol. The minimum Gasteiger partial charge on any atom is -0.466 e. The lowest BCUT2D eigenvalue weighted by Crippen LogP contribution is -2.28. The van der Waals surface area contributed by atoms with Crippen molar-refractivity contribution >= 4 is 11.9 Å². The molecule has 6 nitrogen and oxygen atoms in total. The molecule has 0 aliphatic heterocycles. The third kappa shape index (κ3) is 29.7. The van der Waals surface area contributed by atoms with Crippen molar-refractivity contribution in [3.05, 3.63) is 0 Å². The fraction of sp³-hybridized carbons (Fsp3) is 0.952. The maximum atomic E-state index is 12.7. The van der Waals surface area contributed by atoms with Gasteiger partial charge in [0.05, 0.1) is 18.6 Å². The summed E-state index contributed by atoms with van der Waals surface area (Å²) in [4.78, 5) is 27.2. The van der Waals surface area contributed by atoms with Crippen molar-refractivity contribution in [1.82, 2.24) is 4.90 Å². The molecule has 0 fully saturated rings. The van der Waals surface area contributed by atoms with E-state index in [0.29, 0.717) is 19.6 Å². The highest BCUT2D eigenvalue weighted by Gasteiger charge is 2.28. The molecule has 48 heavy (non-hydrogen) atoms. The maximum absolute atomic E-state index is 12.7. The van der Waals surface area contributed by atoms with Gasteiger partial charge in [-0.3, -0.25) is 9.59 Å². The zero-order chi connectivity index (χ0) is 35.6. The number of aliphatic hydroxyl groups is 1. The van der Waals surface area contributed by atoms with Gasteiger partial charge in [0, 0.05) is 19.6 Å². The third-order valence-electron chi connectivity index (χ3n) is 9.96. The summed E-state index contributed by atoms with van der Waals surface area (Å²) < 4.78 is 11.1. The standard InChI is InChI=1S/C42H83NO5/c1-6-9-10-11-12-14-21-31-40(45)47-37-25-18-13-16-23-33-43(35-27-36-44)34-24-17-15-22-32-42(4,5)41(46)48-38-26-19-20-30-39(28-7-2)29-8-3/h39,44H,6-38H2,1-5H3. The lowest BCUT2D eigenvalue weighted by molar-refractivity contribution is -0.154. The van der Waals surface area contributed by atoms with Gasteiger partial charge in [-0.1, -0.05) is 143 Å². The van der Waals surface area contributed by atoms with Crippen molar-refractivity contribution in [3.8, 4) is 0 Å². The van der Waals surface area contributed by atoms with Gasteiger partial charge in [0.1, 0.15) is 0 Å². The number of carbonyl (C=O) groups excluding carboxylic acids is 2. The van der Waals surface area contributed by atoms with Gasteiger partial charge < -0.3 is 19.5 Å². The Morgan fingerprint density at radius 2 is 1.06 bits per heavy atom. The van der Waals surface area contributed by atoms with Crippen LogP contribution in [0.15, 0.2) is 0 Å². The molecule has 0 saturated carbocycles. The first kappa shape index (κ1) is 46.9. The number of rotatable bonds is 37. The second-order valence-electron chi connectivity index (χ2n) is 15.3. The summed E-state index contributed by atoms with van der Waals surface area (Å²) in [5.74, 6) is 0.816. The summed E-state index contributed by atoms with van der Waals surface area (Å²) in [6.07, 6.45) is 31.0. The number of carbonyl (C=O) groups is 2. The second kappa shape index (κ2) is 34.3. The van der Waals surface area contributed by atoms with Crippen LogP contribution >= 0.6 is 0 Å². The van der Waals surface area contributed by atoms with Gasteiger partial charge in [-0.25, -0.2) is 0 Å². The molecule has 0 radical (unpaired) electrons. The predicted octanol–water partition coefficient (Wildman–Crippen LogP) is 11.6. The molecule has 1 N–H and O–H groups in total. The Hall–Kier alpha value is -1.14. The molecule has 286 valence electrons. The van der Waals surface area contributed by atoms with Crippen LogP contribution in [0.2, 0.25) is 0 Å². The van der Waals surface area contributed by atoms with E-state index in [1.165, 1.54) is 96.3 Å². The van der Waals surface area contributed by atoms with Crippen molar-refractivity contribution in [1.29, 1.82) is 0 Å². The summed E-state index contributed by atoms with van der Waals surface area (Å²) in [5.41, 5.74) is -0.407. The van der Waals surface area contributed by atoms with Crippen LogP contribution in [0.1, 0.15) is 208 Å². The average Bonchev–Trinajstić information content (AvgIpc) is 3.06. The number of ether oxygens (including phenoxy) is 2. The van der Waals surface area contributed by atoms with Crippen LogP contribution in [0.25, 0.3) is 0 Å². The molecule has 0 atom stereocenters. The van der Waals surface area contributed by atoms with E-state index in [2.05, 4.69) is 25.7 Å². The van der Waals surface area contributed by atoms with E-state index < -0.39 is 5.41 Å². The molecular weight excluding hydrogens is 598 g/mol. The molecular formula is C42H83NO5. The lowest BCUT2D eigenvalue weighted by atomic mass is 9.87. The first-order valence-corrected chi connectivity index (χ1v) is 21.0. The van der Waals surface area contributed by atoms with E-state index in [0.717, 1.165) is 96.2 Å². The molecule has 0 amide bonds. The maximum Gasteiger partial charge on any atom is 0.311 e. The fourth-order valence-corrected chi connectivity index (χ4v) is 6.76. The minimum absolute atomic E-state index is 0.0243. The number of aliphatic hydroxyl groups excluding tert-OH is 1. The smallest absolute Gasteiger partial charge is 0.311 e. The van der Waals surface area contributed by atoms with Crippen LogP contribution in [0.4, 0.5) is 0 Å². The van der Waals surface area contributed by atoms with Crippen LogP contribution in [0.5, 0.6) is 0 Å². The molecule has 0 aromatic heterocycles. The van der Waals surface area contributed by atoms with Crippen molar-refractivity contribution in [2.45, 2.75) is 208 Å². The molecule has 0 bridgehead atoms. The van der Waals surface area contributed by atoms with Crippen LogP contribution in [0, 0.1) is 11.3 Å². The monoisotopic (exact) mass is 682 g/mol. The summed E-state index contributed by atoms with van der Waals surface area (Å²) in [6, 6.07) is 0. The highest BCUT2D eigenvalue weighted by molar-refractivity contribution is 5.75. The highest BCUT2D eigenvalue weighted by atomic mass is 16.5. The summed E-state index contributed by atoms with van der Waals surface area (Å²) in [6.45, 7) is 15.4. The van der Waals surface area contributed by atoms with Gasteiger partial charge in [0.15, 0.2) is 0 Å². The number of hydrogen-bond acceptors (Lipinski definition) is 6. The molecule has 0 aromatic rings. The zero-order valence-corrected chi connectivity index (χ0v) is 32.9. The lowest BCUT2D eigenvalue weighted by Gasteiger charge is -2.23. The van der Waals surface area contributed by atoms with Crippen molar-refractivity contribution < 1.29 is 24.2 Å². The number of unbranched alkanes of at least 4 members (excludes halogenated alkanes) is 15. The summed E-state index contributed by atoms with van der Waals surface area (Å²) in [5, 5.41) is 9.36. The topological polar surface area (TPSA) is 76.1 Å². The van der Waals surface area contributed by atoms with Crippen LogP contribution < -0.4 is 0 Å². The molecule has 0 aliphatic rings. The van der Waals surface area contributed by atoms with E-state index in [4.69, 9.17) is 9.47 Å². The van der Waals surface area contributed by atoms with E-state index >= 15 is 0 Å². The predicted molar refractivity (Wildman–Crippen MR) is 204 cm³/mol. The van der Waals surface area contributed by atoms with E-state index in [1.807, 2.05) is 13.8 Å². The molecule has 0 aliphatic carbocycles. The van der Waals surface area contributed by atoms with E-state index in [1.54, 1.807) is 0 Å². The Morgan fingerprint density at radius 1 is 0.562 bits per heavy atom. The Morgan fingerprint density at radius 3 is 1.67 bits per heavy atom. The third-order valence-corrected chi connectivity index (χ3v) is 9.96. The number of nitrogens with zero attached hydrogens (tertiary/aromatic N) is 1. The van der Waals surface area contributed by atoms with Crippen molar-refractivity contribution in [2.24, 2.45) is 11.3 Å². The molecule has 0 spiro atoms.